The van der Waals surface area contributed by atoms with Crippen LogP contribution in [0.15, 0.2) is 24.3 Å². The first-order valence-corrected chi connectivity index (χ1v) is 4.43. The van der Waals surface area contributed by atoms with Crippen molar-refractivity contribution in [1.29, 1.82) is 0 Å². The summed E-state index contributed by atoms with van der Waals surface area (Å²) in [4.78, 5) is 0. The Hall–Kier alpha value is -1.16. The highest BCUT2D eigenvalue weighted by Gasteiger charge is 2.35. The number of alkyl halides is 2. The second-order valence-corrected chi connectivity index (χ2v) is 3.50. The lowest BCUT2D eigenvalue weighted by Crippen LogP contribution is -2.20. The minimum Gasteiger partial charge on any atom is -0.324 e. The summed E-state index contributed by atoms with van der Waals surface area (Å²) >= 11 is 0. The molecule has 0 aliphatic carbocycles. The highest BCUT2D eigenvalue weighted by atomic mass is 19.3. The van der Waals surface area contributed by atoms with Gasteiger partial charge in [-0.1, -0.05) is 26.0 Å². The lowest BCUT2D eigenvalue weighted by atomic mass is 9.98. The van der Waals surface area contributed by atoms with E-state index in [4.69, 9.17) is 5.84 Å². The van der Waals surface area contributed by atoms with Crippen molar-refractivity contribution < 1.29 is 8.78 Å². The van der Waals surface area contributed by atoms with E-state index in [1.165, 1.54) is 38.1 Å². The molecule has 0 fully saturated rings. The highest BCUT2D eigenvalue weighted by molar-refractivity contribution is 5.44. The summed E-state index contributed by atoms with van der Waals surface area (Å²) in [6.07, 6.45) is 0. The largest absolute Gasteiger partial charge is 0.324 e. The maximum absolute atomic E-state index is 13.5. The monoisotopic (exact) mass is 200 g/mol. The Kier molecular flexibility index (Phi) is 3.06. The number of hydrogen-bond donors (Lipinski definition) is 2. The summed E-state index contributed by atoms with van der Waals surface area (Å²) in [6.45, 7) is 2.99. The second kappa shape index (κ2) is 3.92. The molecule has 0 unspecified atom stereocenters. The SMILES string of the molecule is CC(C)C(F)(F)c1ccc(NN)cc1. The molecule has 0 bridgehead atoms. The fourth-order valence-electron chi connectivity index (χ4n) is 1.12. The minimum absolute atomic E-state index is 0.0199. The van der Waals surface area contributed by atoms with Crippen LogP contribution in [0.5, 0.6) is 0 Å². The zero-order chi connectivity index (χ0) is 10.8. The van der Waals surface area contributed by atoms with Gasteiger partial charge in [-0.25, -0.2) is 8.78 Å². The van der Waals surface area contributed by atoms with Crippen molar-refractivity contribution in [3.05, 3.63) is 29.8 Å². The van der Waals surface area contributed by atoms with E-state index in [9.17, 15) is 8.78 Å². The maximum atomic E-state index is 13.5. The molecule has 0 atom stereocenters. The lowest BCUT2D eigenvalue weighted by molar-refractivity contribution is -0.0513. The topological polar surface area (TPSA) is 38.0 Å². The van der Waals surface area contributed by atoms with Crippen molar-refractivity contribution in [1.82, 2.24) is 0 Å². The molecule has 0 radical (unpaired) electrons. The first kappa shape index (κ1) is 10.9. The number of hydrazine groups is 1. The number of nitrogens with one attached hydrogen (secondary N) is 1. The van der Waals surface area contributed by atoms with E-state index >= 15 is 0 Å². The number of benzene rings is 1. The number of nitrogens with two attached hydrogens (primary N) is 1. The molecule has 0 heterocycles. The first-order valence-electron chi connectivity index (χ1n) is 4.43. The van der Waals surface area contributed by atoms with Gasteiger partial charge in [0, 0.05) is 17.2 Å². The summed E-state index contributed by atoms with van der Waals surface area (Å²) in [5.74, 6) is 1.64. The van der Waals surface area contributed by atoms with Crippen molar-refractivity contribution >= 4 is 5.69 Å². The zero-order valence-corrected chi connectivity index (χ0v) is 8.22. The van der Waals surface area contributed by atoms with Gasteiger partial charge >= 0.3 is 0 Å². The van der Waals surface area contributed by atoms with Gasteiger partial charge in [0.1, 0.15) is 0 Å². The summed E-state index contributed by atoms with van der Waals surface area (Å²) < 4.78 is 26.9. The van der Waals surface area contributed by atoms with Crippen molar-refractivity contribution in [3.63, 3.8) is 0 Å². The highest BCUT2D eigenvalue weighted by Crippen LogP contribution is 2.35. The van der Waals surface area contributed by atoms with Crippen molar-refractivity contribution in [2.75, 3.05) is 5.43 Å². The van der Waals surface area contributed by atoms with Crippen LogP contribution in [-0.4, -0.2) is 0 Å². The predicted molar refractivity (Wildman–Crippen MR) is 53.0 cm³/mol. The van der Waals surface area contributed by atoms with Gasteiger partial charge in [-0.3, -0.25) is 5.84 Å². The van der Waals surface area contributed by atoms with Crippen LogP contribution in [0.2, 0.25) is 0 Å². The molecule has 2 nitrogen and oxygen atoms in total. The number of anilines is 1. The minimum atomic E-state index is -2.78. The lowest BCUT2D eigenvalue weighted by Gasteiger charge is -2.20. The molecule has 78 valence electrons. The molecule has 1 aromatic carbocycles. The van der Waals surface area contributed by atoms with Crippen LogP contribution >= 0.6 is 0 Å². The van der Waals surface area contributed by atoms with Gasteiger partial charge in [-0.05, 0) is 12.1 Å². The van der Waals surface area contributed by atoms with E-state index in [2.05, 4.69) is 5.43 Å². The molecule has 4 heteroatoms. The summed E-state index contributed by atoms with van der Waals surface area (Å²) in [5.41, 5.74) is 3.03. The Morgan fingerprint density at radius 3 is 2.07 bits per heavy atom. The van der Waals surface area contributed by atoms with Gasteiger partial charge in [0.2, 0.25) is 0 Å². The second-order valence-electron chi connectivity index (χ2n) is 3.50. The molecule has 1 rings (SSSR count). The standard InChI is InChI=1S/C10H14F2N2/c1-7(2)10(11,12)8-3-5-9(14-13)6-4-8/h3-7,14H,13H2,1-2H3. The Morgan fingerprint density at radius 1 is 1.21 bits per heavy atom. The summed E-state index contributed by atoms with van der Waals surface area (Å²) in [6, 6.07) is 5.83. The van der Waals surface area contributed by atoms with Crippen molar-refractivity contribution in [2.24, 2.45) is 11.8 Å². The van der Waals surface area contributed by atoms with Crippen molar-refractivity contribution in [2.45, 2.75) is 19.8 Å². The molecule has 3 N–H and O–H groups in total. The number of hydrogen-bond acceptors (Lipinski definition) is 2. The van der Waals surface area contributed by atoms with Gasteiger partial charge in [-0.15, -0.1) is 0 Å². The average Bonchev–Trinajstić information content (AvgIpc) is 2.17. The molecule has 0 amide bonds. The van der Waals surface area contributed by atoms with Gasteiger partial charge in [0.25, 0.3) is 5.92 Å². The maximum Gasteiger partial charge on any atom is 0.275 e. The van der Waals surface area contributed by atoms with E-state index in [1.54, 1.807) is 0 Å². The first-order chi connectivity index (χ1) is 6.48. The molecular weight excluding hydrogens is 186 g/mol. The smallest absolute Gasteiger partial charge is 0.275 e. The van der Waals surface area contributed by atoms with Gasteiger partial charge < -0.3 is 5.43 Å². The molecule has 1 aromatic rings. The van der Waals surface area contributed by atoms with Crippen LogP contribution < -0.4 is 11.3 Å². The molecule has 0 spiro atoms. The van der Waals surface area contributed by atoms with Crippen LogP contribution in [0.25, 0.3) is 0 Å². The molecule has 14 heavy (non-hydrogen) atoms. The summed E-state index contributed by atoms with van der Waals surface area (Å²) in [7, 11) is 0. The quantitative estimate of drug-likeness (QED) is 0.581. The molecule has 0 aromatic heterocycles. The van der Waals surface area contributed by atoms with Gasteiger partial charge in [0.05, 0.1) is 0 Å². The number of rotatable bonds is 3. The third kappa shape index (κ3) is 2.01. The Bertz CT molecular complexity index is 293. The van der Waals surface area contributed by atoms with E-state index in [1.807, 2.05) is 0 Å². The van der Waals surface area contributed by atoms with E-state index in [0.29, 0.717) is 5.69 Å². The zero-order valence-electron chi connectivity index (χ0n) is 8.22. The van der Waals surface area contributed by atoms with Gasteiger partial charge in [0.15, 0.2) is 0 Å². The van der Waals surface area contributed by atoms with Crippen LogP contribution in [0.1, 0.15) is 19.4 Å². The molecule has 0 saturated heterocycles. The number of nitrogen functional groups attached to an aromatic ring is 1. The van der Waals surface area contributed by atoms with Crippen LogP contribution in [0.3, 0.4) is 0 Å². The third-order valence-electron chi connectivity index (χ3n) is 2.16. The van der Waals surface area contributed by atoms with Crippen LogP contribution in [0, 0.1) is 5.92 Å². The van der Waals surface area contributed by atoms with Crippen LogP contribution in [0.4, 0.5) is 14.5 Å². The molecule has 0 aliphatic heterocycles. The number of halogens is 2. The summed E-state index contributed by atoms with van der Waals surface area (Å²) in [5, 5.41) is 0. The van der Waals surface area contributed by atoms with Crippen molar-refractivity contribution in [3.8, 4) is 0 Å². The van der Waals surface area contributed by atoms with E-state index < -0.39 is 11.8 Å². The predicted octanol–water partition coefficient (Wildman–Crippen LogP) is 2.72. The van der Waals surface area contributed by atoms with E-state index in [0.717, 1.165) is 0 Å². The van der Waals surface area contributed by atoms with Gasteiger partial charge in [-0.2, -0.15) is 0 Å². The Balaban J connectivity index is 2.97. The third-order valence-corrected chi connectivity index (χ3v) is 2.16. The molecule has 0 aliphatic rings. The van der Waals surface area contributed by atoms with E-state index in [-0.39, 0.29) is 5.56 Å². The Morgan fingerprint density at radius 2 is 1.71 bits per heavy atom. The Labute approximate surface area is 82.1 Å². The normalized spacial score (nSPS) is 11.9. The fourth-order valence-corrected chi connectivity index (χ4v) is 1.12. The van der Waals surface area contributed by atoms with Crippen LogP contribution in [-0.2, 0) is 5.92 Å². The molecule has 0 saturated carbocycles. The average molecular weight is 200 g/mol. The molecular formula is C10H14F2N2. The fraction of sp³-hybridized carbons (Fsp3) is 0.400.